The van der Waals surface area contributed by atoms with Gasteiger partial charge in [0.2, 0.25) is 5.91 Å². The molecule has 0 saturated carbocycles. The quantitative estimate of drug-likeness (QED) is 0.714. The van der Waals surface area contributed by atoms with Gasteiger partial charge in [-0.15, -0.1) is 0 Å². The van der Waals surface area contributed by atoms with Gasteiger partial charge in [-0.2, -0.15) is 0 Å². The minimum absolute atomic E-state index is 0.102. The minimum Gasteiger partial charge on any atom is -0.489 e. The normalized spacial score (nSPS) is 15.8. The number of likely N-dealkylation sites (tertiary alicyclic amines) is 1. The topological polar surface area (TPSA) is 58.8 Å². The second-order valence-corrected chi connectivity index (χ2v) is 8.67. The second kappa shape index (κ2) is 10.5. The van der Waals surface area contributed by atoms with E-state index in [2.05, 4.69) is 50.1 Å². The van der Waals surface area contributed by atoms with Crippen molar-refractivity contribution in [1.82, 2.24) is 4.90 Å². The van der Waals surface area contributed by atoms with Gasteiger partial charge in [-0.05, 0) is 55.0 Å². The number of carbonyl (C=O) groups excluding carboxylic acids is 1. The van der Waals surface area contributed by atoms with Crippen molar-refractivity contribution >= 4 is 11.6 Å². The summed E-state index contributed by atoms with van der Waals surface area (Å²) >= 11 is 0. The molecule has 1 aliphatic heterocycles. The zero-order valence-corrected chi connectivity index (χ0v) is 18.5. The molecule has 2 aromatic carbocycles. The fourth-order valence-electron chi connectivity index (χ4n) is 4.05. The van der Waals surface area contributed by atoms with E-state index in [1.54, 1.807) is 0 Å². The van der Waals surface area contributed by atoms with Crippen LogP contribution in [0.5, 0.6) is 5.75 Å². The Bertz CT molecular complexity index is 784. The number of benzene rings is 2. The molecule has 3 rings (SSSR count). The van der Waals surface area contributed by atoms with Crippen molar-refractivity contribution < 1.29 is 9.53 Å². The fraction of sp³-hybridized carbons (Fsp3) is 0.480. The molecule has 0 bridgehead atoms. The number of hydrogen-bond donors (Lipinski definition) is 1. The summed E-state index contributed by atoms with van der Waals surface area (Å²) in [4.78, 5) is 16.8. The van der Waals surface area contributed by atoms with E-state index in [1.165, 1.54) is 5.69 Å². The highest BCUT2D eigenvalue weighted by Crippen LogP contribution is 2.25. The van der Waals surface area contributed by atoms with E-state index in [9.17, 15) is 4.79 Å². The second-order valence-electron chi connectivity index (χ2n) is 8.67. The molecular formula is C25H35N3O2. The molecule has 1 heterocycles. The first kappa shape index (κ1) is 22.2. The summed E-state index contributed by atoms with van der Waals surface area (Å²) in [6, 6.07) is 18.5. The van der Waals surface area contributed by atoms with Crippen LogP contribution in [0.4, 0.5) is 5.69 Å². The van der Waals surface area contributed by atoms with Crippen LogP contribution < -0.4 is 15.4 Å². The van der Waals surface area contributed by atoms with Crippen LogP contribution in [0.3, 0.4) is 0 Å². The number of hydrogen-bond acceptors (Lipinski definition) is 4. The van der Waals surface area contributed by atoms with Crippen molar-refractivity contribution in [2.45, 2.75) is 51.8 Å². The van der Waals surface area contributed by atoms with E-state index >= 15 is 0 Å². The molecule has 1 unspecified atom stereocenters. The fourth-order valence-corrected chi connectivity index (χ4v) is 4.05. The third-order valence-electron chi connectivity index (χ3n) is 5.86. The third-order valence-corrected chi connectivity index (χ3v) is 5.86. The predicted molar refractivity (Wildman–Crippen MR) is 123 cm³/mol. The Kier molecular flexibility index (Phi) is 7.75. The van der Waals surface area contributed by atoms with E-state index in [-0.39, 0.29) is 11.9 Å². The molecule has 0 aromatic heterocycles. The molecule has 0 spiro atoms. The summed E-state index contributed by atoms with van der Waals surface area (Å²) in [5, 5.41) is 0. The number of ether oxygens (including phenoxy) is 1. The first-order valence-electron chi connectivity index (χ1n) is 11.0. The van der Waals surface area contributed by atoms with Crippen molar-refractivity contribution in [3.63, 3.8) is 0 Å². The molecule has 5 heteroatoms. The van der Waals surface area contributed by atoms with E-state index in [0.717, 1.165) is 43.7 Å². The Balaban J connectivity index is 1.48. The summed E-state index contributed by atoms with van der Waals surface area (Å²) in [6.45, 7) is 6.33. The first-order chi connectivity index (χ1) is 14.4. The Hall–Kier alpha value is -2.53. The van der Waals surface area contributed by atoms with Crippen molar-refractivity contribution in [2.24, 2.45) is 11.7 Å². The van der Waals surface area contributed by atoms with Gasteiger partial charge in [0.1, 0.15) is 12.4 Å². The summed E-state index contributed by atoms with van der Waals surface area (Å²) < 4.78 is 5.89. The maximum absolute atomic E-state index is 12.6. The molecule has 2 aromatic rings. The van der Waals surface area contributed by atoms with Crippen LogP contribution in [-0.2, 0) is 11.4 Å². The van der Waals surface area contributed by atoms with Gasteiger partial charge in [-0.3, -0.25) is 4.79 Å². The molecule has 1 amide bonds. The number of nitrogens with two attached hydrogens (primary N) is 1. The minimum atomic E-state index is -0.372. The van der Waals surface area contributed by atoms with Gasteiger partial charge in [0, 0.05) is 31.9 Å². The Morgan fingerprint density at radius 3 is 2.33 bits per heavy atom. The smallest absolute Gasteiger partial charge is 0.239 e. The molecule has 1 fully saturated rings. The van der Waals surface area contributed by atoms with E-state index in [1.807, 2.05) is 35.2 Å². The van der Waals surface area contributed by atoms with Crippen LogP contribution in [0.2, 0.25) is 0 Å². The zero-order valence-electron chi connectivity index (χ0n) is 18.5. The van der Waals surface area contributed by atoms with Crippen LogP contribution in [0.25, 0.3) is 0 Å². The van der Waals surface area contributed by atoms with Crippen LogP contribution in [0.1, 0.15) is 38.7 Å². The summed E-state index contributed by atoms with van der Waals surface area (Å²) in [7, 11) is 2.13. The lowest BCUT2D eigenvalue weighted by molar-refractivity contribution is -0.134. The lowest BCUT2D eigenvalue weighted by atomic mass is 9.99. The maximum atomic E-state index is 12.6. The molecule has 1 saturated heterocycles. The summed E-state index contributed by atoms with van der Waals surface area (Å²) in [6.07, 6.45) is 2.67. The average molecular weight is 410 g/mol. The molecular weight excluding hydrogens is 374 g/mol. The monoisotopic (exact) mass is 409 g/mol. The highest BCUT2D eigenvalue weighted by atomic mass is 16.5. The van der Waals surface area contributed by atoms with E-state index < -0.39 is 0 Å². The molecule has 2 N–H and O–H groups in total. The summed E-state index contributed by atoms with van der Waals surface area (Å²) in [5.41, 5.74) is 8.43. The standard InChI is InChI=1S/C25H35N3O2/c1-19(2)17-24(26)25(29)28-15-13-22(14-16-28)27(3)21-9-11-23(12-10-21)30-18-20-7-5-4-6-8-20/h4-12,19,22,24H,13-18,26H2,1-3H3. The first-order valence-corrected chi connectivity index (χ1v) is 11.0. The average Bonchev–Trinajstić information content (AvgIpc) is 2.77. The number of carbonyl (C=O) groups is 1. The third kappa shape index (κ3) is 5.99. The van der Waals surface area contributed by atoms with Crippen molar-refractivity contribution in [3.8, 4) is 5.75 Å². The molecule has 0 aliphatic carbocycles. The van der Waals surface area contributed by atoms with Crippen molar-refractivity contribution in [2.75, 3.05) is 25.0 Å². The highest BCUT2D eigenvalue weighted by Gasteiger charge is 2.28. The Morgan fingerprint density at radius 2 is 1.73 bits per heavy atom. The van der Waals surface area contributed by atoms with Gasteiger partial charge < -0.3 is 20.3 Å². The number of anilines is 1. The largest absolute Gasteiger partial charge is 0.489 e. The summed E-state index contributed by atoms with van der Waals surface area (Å²) in [5.74, 6) is 1.41. The Labute approximate surface area is 180 Å². The number of amides is 1. The number of piperidine rings is 1. The van der Waals surface area contributed by atoms with Gasteiger partial charge in [-0.25, -0.2) is 0 Å². The van der Waals surface area contributed by atoms with E-state index in [0.29, 0.717) is 18.6 Å². The van der Waals surface area contributed by atoms with Gasteiger partial charge in [0.25, 0.3) is 0 Å². The lowest BCUT2D eigenvalue weighted by Crippen LogP contribution is -2.50. The van der Waals surface area contributed by atoms with Crippen LogP contribution >= 0.6 is 0 Å². The zero-order chi connectivity index (χ0) is 21.5. The molecule has 0 radical (unpaired) electrons. The Morgan fingerprint density at radius 1 is 1.10 bits per heavy atom. The van der Waals surface area contributed by atoms with Crippen molar-refractivity contribution in [3.05, 3.63) is 60.2 Å². The van der Waals surface area contributed by atoms with Gasteiger partial charge in [-0.1, -0.05) is 44.2 Å². The molecule has 1 aliphatic rings. The molecule has 1 atom stereocenters. The van der Waals surface area contributed by atoms with Crippen LogP contribution in [0.15, 0.2) is 54.6 Å². The predicted octanol–water partition coefficient (Wildman–Crippen LogP) is 4.07. The van der Waals surface area contributed by atoms with Crippen molar-refractivity contribution in [1.29, 1.82) is 0 Å². The number of nitrogens with zero attached hydrogens (tertiary/aromatic N) is 2. The molecule has 30 heavy (non-hydrogen) atoms. The van der Waals surface area contributed by atoms with Gasteiger partial charge in [0.15, 0.2) is 0 Å². The van der Waals surface area contributed by atoms with Crippen LogP contribution in [-0.4, -0.2) is 43.0 Å². The highest BCUT2D eigenvalue weighted by molar-refractivity contribution is 5.81. The number of rotatable bonds is 8. The maximum Gasteiger partial charge on any atom is 0.239 e. The lowest BCUT2D eigenvalue weighted by Gasteiger charge is -2.38. The SMILES string of the molecule is CC(C)CC(N)C(=O)N1CCC(N(C)c2ccc(OCc3ccccc3)cc2)CC1. The van der Waals surface area contributed by atoms with Crippen LogP contribution in [0, 0.1) is 5.92 Å². The molecule has 5 nitrogen and oxygen atoms in total. The van der Waals surface area contributed by atoms with Gasteiger partial charge >= 0.3 is 0 Å². The van der Waals surface area contributed by atoms with Gasteiger partial charge in [0.05, 0.1) is 6.04 Å². The molecule has 162 valence electrons. The van der Waals surface area contributed by atoms with E-state index in [4.69, 9.17) is 10.5 Å².